The molecular formula is C19H28N4O2. The van der Waals surface area contributed by atoms with Crippen LogP contribution in [0.25, 0.3) is 10.9 Å². The van der Waals surface area contributed by atoms with Crippen LogP contribution in [0.4, 0.5) is 5.69 Å². The Hall–Kier alpha value is -1.92. The van der Waals surface area contributed by atoms with E-state index in [1.54, 1.807) is 23.8 Å². The third-order valence-corrected chi connectivity index (χ3v) is 5.15. The molecule has 3 rings (SSSR count). The second kappa shape index (κ2) is 7.54. The van der Waals surface area contributed by atoms with Gasteiger partial charge in [-0.15, -0.1) is 0 Å². The van der Waals surface area contributed by atoms with E-state index >= 15 is 0 Å². The van der Waals surface area contributed by atoms with Crippen molar-refractivity contribution in [3.63, 3.8) is 0 Å². The Balaban J connectivity index is 2.01. The summed E-state index contributed by atoms with van der Waals surface area (Å²) in [6.07, 6.45) is 2.05. The zero-order valence-electron chi connectivity index (χ0n) is 15.4. The first-order valence-electron chi connectivity index (χ1n) is 9.04. The largest absolute Gasteiger partial charge is 0.399 e. The Morgan fingerprint density at radius 1 is 1.32 bits per heavy atom. The molecule has 1 aliphatic rings. The SMILES string of the molecule is COCCn1c(C2CCN(C(C)C)CC2)nc2ccc(N)cc2c1=O. The monoisotopic (exact) mass is 344 g/mol. The van der Waals surface area contributed by atoms with Gasteiger partial charge < -0.3 is 15.4 Å². The van der Waals surface area contributed by atoms with Crippen LogP contribution in [0.3, 0.4) is 0 Å². The number of nitrogen functional groups attached to an aromatic ring is 1. The molecule has 0 aliphatic carbocycles. The lowest BCUT2D eigenvalue weighted by atomic mass is 9.94. The maximum Gasteiger partial charge on any atom is 0.261 e. The molecule has 0 unspecified atom stereocenters. The van der Waals surface area contributed by atoms with Crippen LogP contribution < -0.4 is 11.3 Å². The minimum absolute atomic E-state index is 0.0179. The third kappa shape index (κ3) is 3.70. The van der Waals surface area contributed by atoms with Crippen LogP contribution in [-0.2, 0) is 11.3 Å². The number of anilines is 1. The first kappa shape index (κ1) is 17.9. The number of piperidine rings is 1. The predicted molar refractivity (Wildman–Crippen MR) is 101 cm³/mol. The van der Waals surface area contributed by atoms with E-state index in [0.29, 0.717) is 36.2 Å². The molecule has 6 nitrogen and oxygen atoms in total. The molecule has 1 saturated heterocycles. The molecule has 1 aromatic carbocycles. The molecule has 1 fully saturated rings. The molecule has 0 bridgehead atoms. The maximum absolute atomic E-state index is 13.0. The Bertz CT molecular complexity index is 792. The topological polar surface area (TPSA) is 73.4 Å². The molecule has 1 aromatic heterocycles. The van der Waals surface area contributed by atoms with Gasteiger partial charge in [0.15, 0.2) is 0 Å². The first-order chi connectivity index (χ1) is 12.0. The molecule has 6 heteroatoms. The van der Waals surface area contributed by atoms with Crippen molar-refractivity contribution < 1.29 is 4.74 Å². The number of nitrogens with two attached hydrogens (primary N) is 1. The first-order valence-corrected chi connectivity index (χ1v) is 9.04. The van der Waals surface area contributed by atoms with Gasteiger partial charge in [-0.3, -0.25) is 9.36 Å². The maximum atomic E-state index is 13.0. The number of fused-ring (bicyclic) bond motifs is 1. The molecule has 0 atom stereocenters. The van der Waals surface area contributed by atoms with Gasteiger partial charge in [0.05, 0.1) is 24.1 Å². The number of rotatable bonds is 5. The summed E-state index contributed by atoms with van der Waals surface area (Å²) in [5.74, 6) is 1.20. The summed E-state index contributed by atoms with van der Waals surface area (Å²) in [6, 6.07) is 5.93. The van der Waals surface area contributed by atoms with Crippen molar-refractivity contribution >= 4 is 16.6 Å². The van der Waals surface area contributed by atoms with Crippen molar-refractivity contribution in [3.05, 3.63) is 34.4 Å². The van der Waals surface area contributed by atoms with Crippen LogP contribution in [-0.4, -0.2) is 47.3 Å². The van der Waals surface area contributed by atoms with Crippen LogP contribution in [0, 0.1) is 0 Å². The highest BCUT2D eigenvalue weighted by molar-refractivity contribution is 5.81. The van der Waals surface area contributed by atoms with E-state index < -0.39 is 0 Å². The second-order valence-electron chi connectivity index (χ2n) is 7.10. The van der Waals surface area contributed by atoms with Crippen molar-refractivity contribution in [2.24, 2.45) is 0 Å². The van der Waals surface area contributed by atoms with Gasteiger partial charge in [0, 0.05) is 24.8 Å². The predicted octanol–water partition coefficient (Wildman–Crippen LogP) is 2.21. The van der Waals surface area contributed by atoms with Crippen molar-refractivity contribution in [2.75, 3.05) is 32.5 Å². The second-order valence-corrected chi connectivity index (χ2v) is 7.10. The van der Waals surface area contributed by atoms with Gasteiger partial charge in [-0.2, -0.15) is 0 Å². The van der Waals surface area contributed by atoms with Gasteiger partial charge in [0.1, 0.15) is 5.82 Å². The van der Waals surface area contributed by atoms with E-state index in [9.17, 15) is 4.79 Å². The Morgan fingerprint density at radius 2 is 2.04 bits per heavy atom. The molecular weight excluding hydrogens is 316 g/mol. The fourth-order valence-corrected chi connectivity index (χ4v) is 3.64. The number of likely N-dealkylation sites (tertiary alicyclic amines) is 1. The Labute approximate surface area is 148 Å². The van der Waals surface area contributed by atoms with E-state index in [1.165, 1.54) is 0 Å². The van der Waals surface area contributed by atoms with E-state index in [4.69, 9.17) is 15.5 Å². The summed E-state index contributed by atoms with van der Waals surface area (Å²) in [5.41, 5.74) is 7.16. The number of nitrogens with zero attached hydrogens (tertiary/aromatic N) is 3. The smallest absolute Gasteiger partial charge is 0.261 e. The van der Waals surface area contributed by atoms with Gasteiger partial charge in [0.25, 0.3) is 5.56 Å². The molecule has 1 aliphatic heterocycles. The fraction of sp³-hybridized carbons (Fsp3) is 0.579. The average Bonchev–Trinajstić information content (AvgIpc) is 2.61. The molecule has 25 heavy (non-hydrogen) atoms. The van der Waals surface area contributed by atoms with Crippen molar-refractivity contribution in [1.29, 1.82) is 0 Å². The Kier molecular flexibility index (Phi) is 5.39. The molecule has 2 N–H and O–H groups in total. The lowest BCUT2D eigenvalue weighted by molar-refractivity contribution is 0.163. The van der Waals surface area contributed by atoms with Gasteiger partial charge in [-0.05, 0) is 58.0 Å². The number of aromatic nitrogens is 2. The van der Waals surface area contributed by atoms with Crippen molar-refractivity contribution in [1.82, 2.24) is 14.5 Å². The number of hydrogen-bond acceptors (Lipinski definition) is 5. The molecule has 0 radical (unpaired) electrons. The van der Waals surface area contributed by atoms with Crippen molar-refractivity contribution in [2.45, 2.75) is 45.2 Å². The minimum atomic E-state index is -0.0179. The fourth-order valence-electron chi connectivity index (χ4n) is 3.64. The summed E-state index contributed by atoms with van der Waals surface area (Å²) < 4.78 is 7.00. The zero-order chi connectivity index (χ0) is 18.0. The highest BCUT2D eigenvalue weighted by Crippen LogP contribution is 2.28. The highest BCUT2D eigenvalue weighted by Gasteiger charge is 2.26. The average molecular weight is 344 g/mol. The summed E-state index contributed by atoms with van der Waals surface area (Å²) >= 11 is 0. The van der Waals surface area contributed by atoms with Crippen molar-refractivity contribution in [3.8, 4) is 0 Å². The molecule has 0 spiro atoms. The standard InChI is InChI=1S/C19H28N4O2/c1-13(2)22-8-6-14(7-9-22)18-21-17-5-4-15(20)12-16(17)19(24)23(18)10-11-25-3/h4-5,12-14H,6-11,20H2,1-3H3. The number of hydrogen-bond donors (Lipinski definition) is 1. The van der Waals surface area contributed by atoms with Gasteiger partial charge in [-0.25, -0.2) is 4.98 Å². The van der Waals surface area contributed by atoms with E-state index in [0.717, 1.165) is 37.3 Å². The quantitative estimate of drug-likeness (QED) is 0.842. The van der Waals surface area contributed by atoms with Crippen LogP contribution in [0.2, 0.25) is 0 Å². The lowest BCUT2D eigenvalue weighted by Gasteiger charge is -2.35. The molecule has 0 amide bonds. The van der Waals surface area contributed by atoms with E-state index in [-0.39, 0.29) is 5.56 Å². The summed E-state index contributed by atoms with van der Waals surface area (Å²) in [5, 5.41) is 0.583. The van der Waals surface area contributed by atoms with Gasteiger partial charge >= 0.3 is 0 Å². The molecule has 0 saturated carbocycles. The van der Waals surface area contributed by atoms with Gasteiger partial charge in [0.2, 0.25) is 0 Å². The van der Waals surface area contributed by atoms with Crippen LogP contribution in [0.1, 0.15) is 38.4 Å². The number of ether oxygens (including phenoxy) is 1. The number of methoxy groups -OCH3 is 1. The third-order valence-electron chi connectivity index (χ3n) is 5.15. The van der Waals surface area contributed by atoms with Crippen LogP contribution >= 0.6 is 0 Å². The highest BCUT2D eigenvalue weighted by atomic mass is 16.5. The summed E-state index contributed by atoms with van der Waals surface area (Å²) in [4.78, 5) is 20.4. The molecule has 136 valence electrons. The van der Waals surface area contributed by atoms with Gasteiger partial charge in [-0.1, -0.05) is 0 Å². The summed E-state index contributed by atoms with van der Waals surface area (Å²) in [7, 11) is 1.65. The van der Waals surface area contributed by atoms with E-state index in [2.05, 4.69) is 18.7 Å². The van der Waals surface area contributed by atoms with Crippen LogP contribution in [0.15, 0.2) is 23.0 Å². The normalized spacial score (nSPS) is 16.8. The van der Waals surface area contributed by atoms with E-state index in [1.807, 2.05) is 6.07 Å². The molecule has 2 aromatic rings. The van der Waals surface area contributed by atoms with Crippen LogP contribution in [0.5, 0.6) is 0 Å². The molecule has 2 heterocycles. The minimum Gasteiger partial charge on any atom is -0.399 e. The Morgan fingerprint density at radius 3 is 2.68 bits per heavy atom. The lowest BCUT2D eigenvalue weighted by Crippen LogP contribution is -2.39. The summed E-state index contributed by atoms with van der Waals surface area (Å²) in [6.45, 7) is 7.56. The zero-order valence-corrected chi connectivity index (χ0v) is 15.4. The number of benzene rings is 1.